The van der Waals surface area contributed by atoms with E-state index in [1.54, 1.807) is 24.3 Å². The SMILES string of the molecule is CC(=O)Nc1ccc(NC(=O)[C@@H](C)N[C@@H](C)c2cccc(Cl)c2)cc1. The summed E-state index contributed by atoms with van der Waals surface area (Å²) in [6.07, 6.45) is 0. The van der Waals surface area contributed by atoms with Crippen LogP contribution < -0.4 is 16.0 Å². The third-order valence-electron chi connectivity index (χ3n) is 3.71. The van der Waals surface area contributed by atoms with Crippen LogP contribution in [0.3, 0.4) is 0 Å². The van der Waals surface area contributed by atoms with E-state index >= 15 is 0 Å². The monoisotopic (exact) mass is 359 g/mol. The highest BCUT2D eigenvalue weighted by Gasteiger charge is 2.16. The van der Waals surface area contributed by atoms with Gasteiger partial charge in [-0.25, -0.2) is 0 Å². The van der Waals surface area contributed by atoms with E-state index in [1.807, 2.05) is 38.1 Å². The van der Waals surface area contributed by atoms with Crippen LogP contribution in [0, 0.1) is 0 Å². The van der Waals surface area contributed by atoms with Crippen LogP contribution in [0.2, 0.25) is 5.02 Å². The van der Waals surface area contributed by atoms with Crippen molar-refractivity contribution in [1.82, 2.24) is 5.32 Å². The largest absolute Gasteiger partial charge is 0.326 e. The summed E-state index contributed by atoms with van der Waals surface area (Å²) in [5, 5.41) is 9.45. The maximum absolute atomic E-state index is 12.3. The highest BCUT2D eigenvalue weighted by Crippen LogP contribution is 2.18. The van der Waals surface area contributed by atoms with Crippen molar-refractivity contribution in [2.24, 2.45) is 0 Å². The zero-order valence-corrected chi connectivity index (χ0v) is 15.2. The molecule has 2 aromatic carbocycles. The van der Waals surface area contributed by atoms with Gasteiger partial charge in [-0.2, -0.15) is 0 Å². The molecule has 0 aliphatic heterocycles. The maximum Gasteiger partial charge on any atom is 0.241 e. The van der Waals surface area contributed by atoms with E-state index in [1.165, 1.54) is 6.92 Å². The average Bonchev–Trinajstić information content (AvgIpc) is 2.56. The van der Waals surface area contributed by atoms with Crippen LogP contribution in [0.25, 0.3) is 0 Å². The summed E-state index contributed by atoms with van der Waals surface area (Å²) in [6.45, 7) is 5.24. The predicted octanol–water partition coefficient (Wildman–Crippen LogP) is 3.98. The van der Waals surface area contributed by atoms with E-state index in [-0.39, 0.29) is 23.9 Å². The zero-order valence-electron chi connectivity index (χ0n) is 14.5. The lowest BCUT2D eigenvalue weighted by Gasteiger charge is -2.20. The Bertz CT molecular complexity index is 747. The molecule has 2 aromatic rings. The number of benzene rings is 2. The molecule has 25 heavy (non-hydrogen) atoms. The molecule has 2 atom stereocenters. The summed E-state index contributed by atoms with van der Waals surface area (Å²) in [6, 6.07) is 14.1. The fourth-order valence-electron chi connectivity index (χ4n) is 2.41. The number of halogens is 1. The number of hydrogen-bond acceptors (Lipinski definition) is 3. The second kappa shape index (κ2) is 8.65. The highest BCUT2D eigenvalue weighted by atomic mass is 35.5. The van der Waals surface area contributed by atoms with Crippen molar-refractivity contribution in [3.8, 4) is 0 Å². The molecule has 0 fully saturated rings. The van der Waals surface area contributed by atoms with Gasteiger partial charge in [0.1, 0.15) is 0 Å². The Morgan fingerprint density at radius 2 is 1.56 bits per heavy atom. The first-order chi connectivity index (χ1) is 11.8. The smallest absolute Gasteiger partial charge is 0.241 e. The molecule has 0 aliphatic rings. The Morgan fingerprint density at radius 3 is 2.12 bits per heavy atom. The standard InChI is InChI=1S/C19H22ClN3O2/c1-12(15-5-4-6-16(20)11-15)21-13(2)19(25)23-18-9-7-17(8-10-18)22-14(3)24/h4-13,21H,1-3H3,(H,22,24)(H,23,25)/t12-,13+/m0/s1. The molecule has 0 radical (unpaired) electrons. The van der Waals surface area contributed by atoms with Crippen molar-refractivity contribution in [3.05, 3.63) is 59.1 Å². The zero-order chi connectivity index (χ0) is 18.4. The molecule has 0 saturated carbocycles. The fourth-order valence-corrected chi connectivity index (χ4v) is 2.61. The third-order valence-corrected chi connectivity index (χ3v) is 3.95. The second-order valence-electron chi connectivity index (χ2n) is 5.91. The molecule has 5 nitrogen and oxygen atoms in total. The van der Waals surface area contributed by atoms with Crippen molar-refractivity contribution < 1.29 is 9.59 Å². The molecular weight excluding hydrogens is 338 g/mol. The van der Waals surface area contributed by atoms with Crippen LogP contribution in [0.5, 0.6) is 0 Å². The van der Waals surface area contributed by atoms with Crippen LogP contribution >= 0.6 is 11.6 Å². The van der Waals surface area contributed by atoms with Crippen molar-refractivity contribution in [2.45, 2.75) is 32.9 Å². The molecule has 0 unspecified atom stereocenters. The quantitative estimate of drug-likeness (QED) is 0.730. The van der Waals surface area contributed by atoms with Gasteiger partial charge in [0.2, 0.25) is 11.8 Å². The van der Waals surface area contributed by atoms with E-state index < -0.39 is 0 Å². The molecule has 0 spiro atoms. The molecule has 0 aliphatic carbocycles. The first kappa shape index (κ1) is 19.0. The topological polar surface area (TPSA) is 70.2 Å². The minimum Gasteiger partial charge on any atom is -0.326 e. The molecule has 2 amide bonds. The van der Waals surface area contributed by atoms with Gasteiger partial charge >= 0.3 is 0 Å². The minimum absolute atomic E-state index is 0.0124. The Hall–Kier alpha value is -2.37. The third kappa shape index (κ3) is 5.89. The molecule has 0 aromatic heterocycles. The maximum atomic E-state index is 12.3. The van der Waals surface area contributed by atoms with Crippen LogP contribution in [-0.4, -0.2) is 17.9 Å². The number of anilines is 2. The van der Waals surface area contributed by atoms with E-state index in [0.717, 1.165) is 5.56 Å². The summed E-state index contributed by atoms with van der Waals surface area (Å²) in [5.74, 6) is -0.272. The van der Waals surface area contributed by atoms with Gasteiger partial charge in [-0.05, 0) is 55.8 Å². The summed E-state index contributed by atoms with van der Waals surface area (Å²) >= 11 is 6.01. The van der Waals surface area contributed by atoms with Crippen molar-refractivity contribution in [1.29, 1.82) is 0 Å². The average molecular weight is 360 g/mol. The molecule has 0 bridgehead atoms. The van der Waals surface area contributed by atoms with Gasteiger partial charge < -0.3 is 10.6 Å². The number of carbonyl (C=O) groups excluding carboxylic acids is 2. The molecule has 0 heterocycles. The van der Waals surface area contributed by atoms with Gasteiger partial charge in [0.15, 0.2) is 0 Å². The molecule has 0 saturated heterocycles. The summed E-state index contributed by atoms with van der Waals surface area (Å²) in [7, 11) is 0. The van der Waals surface area contributed by atoms with Gasteiger partial charge in [-0.3, -0.25) is 14.9 Å². The molecular formula is C19H22ClN3O2. The Kier molecular flexibility index (Phi) is 6.56. The van der Waals surface area contributed by atoms with E-state index in [2.05, 4.69) is 16.0 Å². The van der Waals surface area contributed by atoms with Crippen molar-refractivity contribution in [3.63, 3.8) is 0 Å². The lowest BCUT2D eigenvalue weighted by atomic mass is 10.1. The normalized spacial score (nSPS) is 13.0. The number of rotatable bonds is 6. The van der Waals surface area contributed by atoms with E-state index in [0.29, 0.717) is 16.4 Å². The Labute approximate surface area is 152 Å². The Balaban J connectivity index is 1.92. The van der Waals surface area contributed by atoms with Crippen LogP contribution in [-0.2, 0) is 9.59 Å². The first-order valence-electron chi connectivity index (χ1n) is 8.05. The van der Waals surface area contributed by atoms with Gasteiger partial charge in [0.25, 0.3) is 0 Å². The first-order valence-corrected chi connectivity index (χ1v) is 8.43. The number of nitrogens with one attached hydrogen (secondary N) is 3. The number of amides is 2. The summed E-state index contributed by atoms with van der Waals surface area (Å²) in [5.41, 5.74) is 2.38. The summed E-state index contributed by atoms with van der Waals surface area (Å²) in [4.78, 5) is 23.3. The number of hydrogen-bond donors (Lipinski definition) is 3. The summed E-state index contributed by atoms with van der Waals surface area (Å²) < 4.78 is 0. The lowest BCUT2D eigenvalue weighted by molar-refractivity contribution is -0.118. The lowest BCUT2D eigenvalue weighted by Crippen LogP contribution is -2.39. The molecule has 6 heteroatoms. The Morgan fingerprint density at radius 1 is 0.960 bits per heavy atom. The molecule has 2 rings (SSSR count). The molecule has 3 N–H and O–H groups in total. The van der Waals surface area contributed by atoms with Crippen LogP contribution in [0.15, 0.2) is 48.5 Å². The van der Waals surface area contributed by atoms with E-state index in [9.17, 15) is 9.59 Å². The van der Waals surface area contributed by atoms with E-state index in [4.69, 9.17) is 11.6 Å². The van der Waals surface area contributed by atoms with Crippen LogP contribution in [0.1, 0.15) is 32.4 Å². The second-order valence-corrected chi connectivity index (χ2v) is 6.35. The predicted molar refractivity (Wildman–Crippen MR) is 102 cm³/mol. The van der Waals surface area contributed by atoms with Gasteiger partial charge in [0.05, 0.1) is 6.04 Å². The van der Waals surface area contributed by atoms with Crippen LogP contribution in [0.4, 0.5) is 11.4 Å². The van der Waals surface area contributed by atoms with Crippen molar-refractivity contribution in [2.75, 3.05) is 10.6 Å². The number of carbonyl (C=O) groups is 2. The molecule has 132 valence electrons. The minimum atomic E-state index is -0.385. The van der Waals surface area contributed by atoms with Gasteiger partial charge in [-0.15, -0.1) is 0 Å². The highest BCUT2D eigenvalue weighted by molar-refractivity contribution is 6.30. The fraction of sp³-hybridized carbons (Fsp3) is 0.263. The van der Waals surface area contributed by atoms with Crippen molar-refractivity contribution >= 4 is 34.8 Å². The van der Waals surface area contributed by atoms with Gasteiger partial charge in [0, 0.05) is 29.4 Å². The van der Waals surface area contributed by atoms with Gasteiger partial charge in [-0.1, -0.05) is 23.7 Å².